The van der Waals surface area contributed by atoms with Crippen LogP contribution in [0.15, 0.2) is 22.7 Å². The van der Waals surface area contributed by atoms with Crippen LogP contribution in [0, 0.1) is 0 Å². The van der Waals surface area contributed by atoms with E-state index in [-0.39, 0.29) is 12.4 Å². The lowest BCUT2D eigenvalue weighted by Crippen LogP contribution is -2.49. The Balaban J connectivity index is 1.21. The van der Waals surface area contributed by atoms with E-state index >= 15 is 0 Å². The zero-order valence-electron chi connectivity index (χ0n) is 15.1. The van der Waals surface area contributed by atoms with E-state index < -0.39 is 0 Å². The summed E-state index contributed by atoms with van der Waals surface area (Å²) in [5, 5.41) is 7.67. The molecule has 1 unspecified atom stereocenters. The van der Waals surface area contributed by atoms with Gasteiger partial charge in [-0.2, -0.15) is 4.98 Å². The first-order valence-electron chi connectivity index (χ1n) is 9.47. The van der Waals surface area contributed by atoms with E-state index in [4.69, 9.17) is 23.5 Å². The summed E-state index contributed by atoms with van der Waals surface area (Å²) in [7, 11) is 0. The highest BCUT2D eigenvalue weighted by Gasteiger charge is 2.38. The van der Waals surface area contributed by atoms with Crippen LogP contribution in [0.25, 0.3) is 11.5 Å². The van der Waals surface area contributed by atoms with Crippen LogP contribution in [-0.4, -0.2) is 48.4 Å². The topological polar surface area (TPSA) is 87.9 Å². The van der Waals surface area contributed by atoms with Gasteiger partial charge in [0.15, 0.2) is 17.3 Å². The zero-order chi connectivity index (χ0) is 18.1. The van der Waals surface area contributed by atoms with Crippen LogP contribution >= 0.6 is 0 Å². The van der Waals surface area contributed by atoms with E-state index in [0.29, 0.717) is 30.1 Å². The fourth-order valence-electron chi connectivity index (χ4n) is 4.00. The van der Waals surface area contributed by atoms with Gasteiger partial charge >= 0.3 is 0 Å². The molecule has 0 amide bonds. The minimum Gasteiger partial charge on any atom is -0.454 e. The van der Waals surface area contributed by atoms with Gasteiger partial charge in [-0.3, -0.25) is 0 Å². The number of nitrogens with zero attached hydrogens (tertiary/aromatic N) is 2. The molecule has 8 nitrogen and oxygen atoms in total. The number of ether oxygens (including phenoxy) is 4. The fourth-order valence-corrected chi connectivity index (χ4v) is 4.00. The van der Waals surface area contributed by atoms with Crippen molar-refractivity contribution in [2.24, 2.45) is 0 Å². The van der Waals surface area contributed by atoms with Crippen molar-refractivity contribution in [3.05, 3.63) is 24.0 Å². The molecule has 0 radical (unpaired) electrons. The Labute approximate surface area is 157 Å². The Bertz CT molecular complexity index is 797. The van der Waals surface area contributed by atoms with Crippen molar-refractivity contribution >= 4 is 0 Å². The van der Waals surface area contributed by atoms with Crippen molar-refractivity contribution in [3.63, 3.8) is 0 Å². The summed E-state index contributed by atoms with van der Waals surface area (Å²) in [4.78, 5) is 4.51. The summed E-state index contributed by atoms with van der Waals surface area (Å²) >= 11 is 0. The second-order valence-corrected chi connectivity index (χ2v) is 7.30. The van der Waals surface area contributed by atoms with E-state index in [1.54, 1.807) is 0 Å². The van der Waals surface area contributed by atoms with Crippen LogP contribution in [0.2, 0.25) is 0 Å². The smallest absolute Gasteiger partial charge is 0.258 e. The van der Waals surface area contributed by atoms with E-state index in [1.807, 2.05) is 18.2 Å². The van der Waals surface area contributed by atoms with Crippen molar-refractivity contribution in [1.29, 1.82) is 0 Å². The van der Waals surface area contributed by atoms with Crippen molar-refractivity contribution in [2.45, 2.75) is 43.9 Å². The number of hydrogen-bond acceptors (Lipinski definition) is 8. The summed E-state index contributed by atoms with van der Waals surface area (Å²) in [6.45, 7) is 3.18. The van der Waals surface area contributed by atoms with Crippen LogP contribution in [0.5, 0.6) is 11.5 Å². The molecule has 8 heteroatoms. The second-order valence-electron chi connectivity index (χ2n) is 7.30. The SMILES string of the molecule is c1cc2c(cc1-c1nc(CNC3CCOC4(CCOCC4)C3)no1)OCO2. The molecule has 1 spiro atoms. The van der Waals surface area contributed by atoms with Gasteiger partial charge in [0, 0.05) is 31.4 Å². The molecule has 3 aliphatic rings. The molecule has 2 aromatic rings. The zero-order valence-corrected chi connectivity index (χ0v) is 15.1. The predicted molar refractivity (Wildman–Crippen MR) is 94.5 cm³/mol. The van der Waals surface area contributed by atoms with Gasteiger partial charge in [0.1, 0.15) is 0 Å². The molecule has 2 fully saturated rings. The van der Waals surface area contributed by atoms with Gasteiger partial charge in [-0.25, -0.2) is 0 Å². The minimum absolute atomic E-state index is 0.0247. The lowest BCUT2D eigenvalue weighted by Gasteiger charge is -2.43. The highest BCUT2D eigenvalue weighted by molar-refractivity contribution is 5.60. The van der Waals surface area contributed by atoms with Crippen LogP contribution < -0.4 is 14.8 Å². The number of aromatic nitrogens is 2. The summed E-state index contributed by atoms with van der Waals surface area (Å²) in [5.41, 5.74) is 0.800. The van der Waals surface area contributed by atoms with Gasteiger partial charge in [-0.05, 0) is 43.9 Å². The molecule has 1 aromatic carbocycles. The summed E-state index contributed by atoms with van der Waals surface area (Å²) in [6, 6.07) is 6.01. The van der Waals surface area contributed by atoms with Gasteiger partial charge in [0.2, 0.25) is 6.79 Å². The lowest BCUT2D eigenvalue weighted by molar-refractivity contribution is -0.140. The summed E-state index contributed by atoms with van der Waals surface area (Å²) in [6.07, 6.45) is 3.95. The number of rotatable bonds is 4. The van der Waals surface area contributed by atoms with Crippen LogP contribution in [0.1, 0.15) is 31.5 Å². The Morgan fingerprint density at radius 1 is 1.11 bits per heavy atom. The Hall–Kier alpha value is -2.16. The maximum atomic E-state index is 6.10. The van der Waals surface area contributed by atoms with Crippen LogP contribution in [-0.2, 0) is 16.0 Å². The first-order valence-corrected chi connectivity index (χ1v) is 9.47. The molecule has 0 bridgehead atoms. The third-order valence-corrected chi connectivity index (χ3v) is 5.53. The minimum atomic E-state index is -0.0247. The van der Waals surface area contributed by atoms with Gasteiger partial charge in [0.05, 0.1) is 12.1 Å². The molecule has 4 heterocycles. The van der Waals surface area contributed by atoms with Crippen molar-refractivity contribution in [3.8, 4) is 23.0 Å². The first kappa shape index (κ1) is 17.0. The molecule has 0 aliphatic carbocycles. The molecule has 1 atom stereocenters. The van der Waals surface area contributed by atoms with Crippen molar-refractivity contribution in [1.82, 2.24) is 15.5 Å². The normalized spacial score (nSPS) is 23.6. The average Bonchev–Trinajstić information content (AvgIpc) is 3.36. The molecule has 144 valence electrons. The fraction of sp³-hybridized carbons (Fsp3) is 0.579. The highest BCUT2D eigenvalue weighted by Crippen LogP contribution is 2.36. The van der Waals surface area contributed by atoms with Gasteiger partial charge < -0.3 is 28.8 Å². The van der Waals surface area contributed by atoms with Crippen molar-refractivity contribution in [2.75, 3.05) is 26.6 Å². The average molecular weight is 373 g/mol. The molecule has 3 aliphatic heterocycles. The molecule has 1 aromatic heterocycles. The number of hydrogen-bond donors (Lipinski definition) is 1. The monoisotopic (exact) mass is 373 g/mol. The Morgan fingerprint density at radius 2 is 2.00 bits per heavy atom. The third kappa shape index (κ3) is 3.52. The largest absolute Gasteiger partial charge is 0.454 e. The van der Waals surface area contributed by atoms with Crippen LogP contribution in [0.3, 0.4) is 0 Å². The second kappa shape index (κ2) is 7.10. The molecule has 2 saturated heterocycles. The van der Waals surface area contributed by atoms with E-state index in [2.05, 4.69) is 15.5 Å². The molecule has 5 rings (SSSR count). The molecule has 27 heavy (non-hydrogen) atoms. The van der Waals surface area contributed by atoms with Crippen LogP contribution in [0.4, 0.5) is 0 Å². The Kier molecular flexibility index (Phi) is 4.47. The highest BCUT2D eigenvalue weighted by atomic mass is 16.7. The quantitative estimate of drug-likeness (QED) is 0.873. The third-order valence-electron chi connectivity index (χ3n) is 5.53. The Morgan fingerprint density at radius 3 is 2.93 bits per heavy atom. The van der Waals surface area contributed by atoms with E-state index in [9.17, 15) is 0 Å². The number of nitrogens with one attached hydrogen (secondary N) is 1. The van der Waals surface area contributed by atoms with E-state index in [0.717, 1.165) is 56.8 Å². The van der Waals surface area contributed by atoms with Gasteiger partial charge in [-0.1, -0.05) is 5.16 Å². The maximum absolute atomic E-state index is 6.10. The first-order chi connectivity index (χ1) is 13.3. The summed E-state index contributed by atoms with van der Waals surface area (Å²) < 4.78 is 27.7. The molecule has 1 N–H and O–H groups in total. The van der Waals surface area contributed by atoms with Gasteiger partial charge in [-0.15, -0.1) is 0 Å². The molecule has 0 saturated carbocycles. The standard InChI is InChI=1S/C19H23N3O5/c1-2-15-16(25-12-24-15)9-13(1)18-21-17(22-27-18)11-20-14-3-6-26-19(10-14)4-7-23-8-5-19/h1-2,9,14,20H,3-8,10-12H2. The molecular weight excluding hydrogens is 350 g/mol. The lowest BCUT2D eigenvalue weighted by atomic mass is 9.84. The number of benzene rings is 1. The number of fused-ring (bicyclic) bond motifs is 1. The van der Waals surface area contributed by atoms with E-state index in [1.165, 1.54) is 0 Å². The van der Waals surface area contributed by atoms with Crippen molar-refractivity contribution < 1.29 is 23.5 Å². The summed E-state index contributed by atoms with van der Waals surface area (Å²) in [5.74, 6) is 2.57. The molecular formula is C19H23N3O5. The van der Waals surface area contributed by atoms with Gasteiger partial charge in [0.25, 0.3) is 5.89 Å². The maximum Gasteiger partial charge on any atom is 0.258 e. The predicted octanol–water partition coefficient (Wildman–Crippen LogP) is 2.28.